The summed E-state index contributed by atoms with van der Waals surface area (Å²) in [7, 11) is 0. The van der Waals surface area contributed by atoms with Crippen LogP contribution in [-0.2, 0) is 14.3 Å². The normalized spacial score (nSPS) is 11.5. The van der Waals surface area contributed by atoms with Gasteiger partial charge in [0, 0.05) is 18.3 Å². The van der Waals surface area contributed by atoms with Crippen LogP contribution >= 0.6 is 15.9 Å². The molecule has 0 spiro atoms. The lowest BCUT2D eigenvalue weighted by Gasteiger charge is -2.08. The van der Waals surface area contributed by atoms with E-state index in [4.69, 9.17) is 4.74 Å². The van der Waals surface area contributed by atoms with Gasteiger partial charge in [-0.2, -0.15) is 13.2 Å². The number of hydrogen-bond acceptors (Lipinski definition) is 3. The van der Waals surface area contributed by atoms with Gasteiger partial charge in [-0.3, -0.25) is 4.79 Å². The summed E-state index contributed by atoms with van der Waals surface area (Å²) in [6.45, 7) is -0.307. The predicted molar refractivity (Wildman–Crippen MR) is 59.1 cm³/mol. The van der Waals surface area contributed by atoms with Crippen molar-refractivity contribution < 1.29 is 27.4 Å². The van der Waals surface area contributed by atoms with Gasteiger partial charge in [-0.1, -0.05) is 15.9 Å². The zero-order valence-corrected chi connectivity index (χ0v) is 10.8. The molecule has 0 heterocycles. The van der Waals surface area contributed by atoms with Crippen LogP contribution in [0.15, 0.2) is 0 Å². The zero-order valence-electron chi connectivity index (χ0n) is 9.19. The molecular weight excluding hydrogens is 307 g/mol. The second-order valence-corrected chi connectivity index (χ2v) is 3.86. The van der Waals surface area contributed by atoms with Crippen molar-refractivity contribution in [3.8, 4) is 0 Å². The summed E-state index contributed by atoms with van der Waals surface area (Å²) < 4.78 is 44.3. The lowest BCUT2D eigenvalue weighted by molar-refractivity contribution is -0.174. The second kappa shape index (κ2) is 9.67. The molecule has 0 rings (SSSR count). The van der Waals surface area contributed by atoms with Gasteiger partial charge in [-0.05, 0) is 0 Å². The van der Waals surface area contributed by atoms with Gasteiger partial charge in [0.25, 0.3) is 0 Å². The van der Waals surface area contributed by atoms with Crippen molar-refractivity contribution in [3.05, 3.63) is 0 Å². The Hall–Kier alpha value is -0.340. The molecule has 0 atom stereocenters. The highest BCUT2D eigenvalue weighted by Crippen LogP contribution is 2.14. The quantitative estimate of drug-likeness (QED) is 0.517. The minimum Gasteiger partial charge on any atom is -0.379 e. The Kier molecular flexibility index (Phi) is 9.47. The van der Waals surface area contributed by atoms with Crippen molar-refractivity contribution in [3.63, 3.8) is 0 Å². The molecule has 0 aromatic rings. The predicted octanol–water partition coefficient (Wildman–Crippen LogP) is 1.48. The molecule has 0 saturated heterocycles. The lowest BCUT2D eigenvalue weighted by Crippen LogP contribution is -2.28. The fraction of sp³-hybridized carbons (Fsp3) is 0.889. The highest BCUT2D eigenvalue weighted by atomic mass is 79.9. The third-order valence-electron chi connectivity index (χ3n) is 1.53. The van der Waals surface area contributed by atoms with Crippen molar-refractivity contribution in [2.45, 2.75) is 12.6 Å². The smallest absolute Gasteiger partial charge is 0.379 e. The standard InChI is InChI=1S/C9H15BrF3NO3/c10-2-5-16-6-3-14-8(15)1-4-17-7-9(11,12)13/h1-7H2,(H,14,15). The summed E-state index contributed by atoms with van der Waals surface area (Å²) in [5.41, 5.74) is 0. The Labute approximate surface area is 106 Å². The largest absolute Gasteiger partial charge is 0.411 e. The monoisotopic (exact) mass is 321 g/mol. The maximum absolute atomic E-state index is 11.7. The van der Waals surface area contributed by atoms with E-state index in [0.717, 1.165) is 0 Å². The Morgan fingerprint density at radius 1 is 1.18 bits per heavy atom. The molecule has 4 nitrogen and oxygen atoms in total. The fourth-order valence-electron chi connectivity index (χ4n) is 0.860. The summed E-state index contributed by atoms with van der Waals surface area (Å²) in [5, 5.41) is 3.21. The molecule has 0 aromatic heterocycles. The number of carbonyl (C=O) groups is 1. The lowest BCUT2D eigenvalue weighted by atomic mass is 10.4. The van der Waals surface area contributed by atoms with Gasteiger partial charge in [0.15, 0.2) is 0 Å². The van der Waals surface area contributed by atoms with E-state index in [-0.39, 0.29) is 18.9 Å². The number of halogens is 4. The molecule has 0 unspecified atom stereocenters. The third kappa shape index (κ3) is 13.6. The van der Waals surface area contributed by atoms with Crippen LogP contribution in [0.1, 0.15) is 6.42 Å². The maximum atomic E-state index is 11.7. The van der Waals surface area contributed by atoms with Crippen LogP contribution in [0.25, 0.3) is 0 Å². The summed E-state index contributed by atoms with van der Waals surface area (Å²) in [4.78, 5) is 11.1. The molecule has 1 amide bonds. The first-order chi connectivity index (χ1) is 7.95. The van der Waals surface area contributed by atoms with Gasteiger partial charge in [0.2, 0.25) is 5.91 Å². The summed E-state index contributed by atoms with van der Waals surface area (Å²) >= 11 is 3.17. The number of amides is 1. The summed E-state index contributed by atoms with van der Waals surface area (Å²) in [6.07, 6.45) is -4.44. The van der Waals surface area contributed by atoms with E-state index >= 15 is 0 Å². The van der Waals surface area contributed by atoms with E-state index in [1.807, 2.05) is 0 Å². The summed E-state index contributed by atoms with van der Waals surface area (Å²) in [6, 6.07) is 0. The average Bonchev–Trinajstić information content (AvgIpc) is 2.23. The third-order valence-corrected chi connectivity index (χ3v) is 1.85. The van der Waals surface area contributed by atoms with Crippen molar-refractivity contribution >= 4 is 21.8 Å². The number of rotatable bonds is 9. The molecule has 0 aliphatic rings. The van der Waals surface area contributed by atoms with Gasteiger partial charge in [-0.15, -0.1) is 0 Å². The van der Waals surface area contributed by atoms with E-state index < -0.39 is 12.8 Å². The highest BCUT2D eigenvalue weighted by Gasteiger charge is 2.27. The first kappa shape index (κ1) is 16.7. The number of alkyl halides is 4. The van der Waals surface area contributed by atoms with Gasteiger partial charge < -0.3 is 14.8 Å². The number of hydrogen-bond donors (Lipinski definition) is 1. The Morgan fingerprint density at radius 2 is 1.88 bits per heavy atom. The van der Waals surface area contributed by atoms with Crippen molar-refractivity contribution in [2.24, 2.45) is 0 Å². The van der Waals surface area contributed by atoms with Crippen LogP contribution in [0, 0.1) is 0 Å². The van der Waals surface area contributed by atoms with Crippen molar-refractivity contribution in [2.75, 3.05) is 38.3 Å². The number of carbonyl (C=O) groups excluding carboxylic acids is 1. The van der Waals surface area contributed by atoms with E-state index in [0.29, 0.717) is 25.1 Å². The SMILES string of the molecule is O=C(CCOCC(F)(F)F)NCCOCCBr. The molecule has 0 fully saturated rings. The van der Waals surface area contributed by atoms with Gasteiger partial charge in [0.1, 0.15) is 6.61 Å². The van der Waals surface area contributed by atoms with Crippen LogP contribution < -0.4 is 5.32 Å². The summed E-state index contributed by atoms with van der Waals surface area (Å²) in [5.74, 6) is -0.352. The van der Waals surface area contributed by atoms with Crippen LogP contribution in [0.2, 0.25) is 0 Å². The second-order valence-electron chi connectivity index (χ2n) is 3.07. The fourth-order valence-corrected chi connectivity index (χ4v) is 1.09. The van der Waals surface area contributed by atoms with E-state index in [1.54, 1.807) is 0 Å². The molecule has 1 N–H and O–H groups in total. The Bertz CT molecular complexity index is 214. The molecule has 8 heteroatoms. The van der Waals surface area contributed by atoms with E-state index in [9.17, 15) is 18.0 Å². The molecule has 0 radical (unpaired) electrons. The van der Waals surface area contributed by atoms with Crippen LogP contribution in [0.5, 0.6) is 0 Å². The molecule has 0 saturated carbocycles. The molecule has 0 aliphatic carbocycles. The number of nitrogens with one attached hydrogen (secondary N) is 1. The Morgan fingerprint density at radius 3 is 2.47 bits per heavy atom. The zero-order chi connectivity index (χ0) is 13.1. The molecule has 0 aliphatic heterocycles. The first-order valence-corrected chi connectivity index (χ1v) is 6.13. The van der Waals surface area contributed by atoms with Crippen LogP contribution in [-0.4, -0.2) is 50.4 Å². The molecule has 17 heavy (non-hydrogen) atoms. The number of ether oxygens (including phenoxy) is 2. The topological polar surface area (TPSA) is 47.6 Å². The van der Waals surface area contributed by atoms with Crippen molar-refractivity contribution in [1.82, 2.24) is 5.32 Å². The minimum absolute atomic E-state index is 0.0888. The molecular formula is C9H15BrF3NO3. The molecule has 0 aromatic carbocycles. The highest BCUT2D eigenvalue weighted by molar-refractivity contribution is 9.09. The van der Waals surface area contributed by atoms with E-state index in [2.05, 4.69) is 26.0 Å². The van der Waals surface area contributed by atoms with Crippen LogP contribution in [0.3, 0.4) is 0 Å². The maximum Gasteiger partial charge on any atom is 0.411 e. The minimum atomic E-state index is -4.35. The van der Waals surface area contributed by atoms with Gasteiger partial charge in [-0.25, -0.2) is 0 Å². The van der Waals surface area contributed by atoms with Crippen molar-refractivity contribution in [1.29, 1.82) is 0 Å². The molecule has 102 valence electrons. The van der Waals surface area contributed by atoms with Gasteiger partial charge in [0.05, 0.1) is 19.8 Å². The van der Waals surface area contributed by atoms with Crippen LogP contribution in [0.4, 0.5) is 13.2 Å². The molecule has 0 bridgehead atoms. The van der Waals surface area contributed by atoms with Gasteiger partial charge >= 0.3 is 6.18 Å². The first-order valence-electron chi connectivity index (χ1n) is 5.00. The van der Waals surface area contributed by atoms with E-state index in [1.165, 1.54) is 0 Å². The Balaban J connectivity index is 3.29. The average molecular weight is 322 g/mol.